The summed E-state index contributed by atoms with van der Waals surface area (Å²) in [5, 5.41) is 6.72. The van der Waals surface area contributed by atoms with Crippen molar-refractivity contribution in [2.75, 3.05) is 13.1 Å². The molecule has 0 aliphatic heterocycles. The molecular formula is C17H27FIN3. The van der Waals surface area contributed by atoms with Gasteiger partial charge in [0.05, 0.1) is 6.54 Å². The van der Waals surface area contributed by atoms with Gasteiger partial charge in [-0.05, 0) is 37.0 Å². The lowest BCUT2D eigenvalue weighted by Gasteiger charge is -2.24. The average Bonchev–Trinajstić information content (AvgIpc) is 3.12. The molecule has 5 heteroatoms. The monoisotopic (exact) mass is 419 g/mol. The maximum absolute atomic E-state index is 13.4. The number of guanidine groups is 1. The minimum Gasteiger partial charge on any atom is -0.357 e. The van der Waals surface area contributed by atoms with Crippen LogP contribution in [0.5, 0.6) is 0 Å². The minimum atomic E-state index is -0.195. The first-order valence-electron chi connectivity index (χ1n) is 7.73. The van der Waals surface area contributed by atoms with E-state index in [1.54, 1.807) is 12.1 Å². The summed E-state index contributed by atoms with van der Waals surface area (Å²) >= 11 is 0. The van der Waals surface area contributed by atoms with E-state index in [-0.39, 0.29) is 35.2 Å². The van der Waals surface area contributed by atoms with Crippen LogP contribution in [0.2, 0.25) is 0 Å². The predicted molar refractivity (Wildman–Crippen MR) is 102 cm³/mol. The molecule has 1 fully saturated rings. The van der Waals surface area contributed by atoms with E-state index in [4.69, 9.17) is 0 Å². The van der Waals surface area contributed by atoms with E-state index in [0.29, 0.717) is 12.6 Å². The molecule has 0 aromatic heterocycles. The number of nitrogens with one attached hydrogen (secondary N) is 2. The van der Waals surface area contributed by atoms with Crippen molar-refractivity contribution < 1.29 is 4.39 Å². The van der Waals surface area contributed by atoms with Gasteiger partial charge in [0.1, 0.15) is 5.82 Å². The topological polar surface area (TPSA) is 36.4 Å². The second-order valence-electron chi connectivity index (χ2n) is 6.55. The van der Waals surface area contributed by atoms with Gasteiger partial charge in [-0.2, -0.15) is 0 Å². The summed E-state index contributed by atoms with van der Waals surface area (Å²) < 4.78 is 13.4. The van der Waals surface area contributed by atoms with Gasteiger partial charge in [0.25, 0.3) is 0 Å². The van der Waals surface area contributed by atoms with Crippen LogP contribution in [0.1, 0.15) is 39.7 Å². The second kappa shape index (κ2) is 8.13. The lowest BCUT2D eigenvalue weighted by Crippen LogP contribution is -2.40. The van der Waals surface area contributed by atoms with Crippen molar-refractivity contribution >= 4 is 29.9 Å². The summed E-state index contributed by atoms with van der Waals surface area (Å²) in [6.07, 6.45) is 1.21. The second-order valence-corrected chi connectivity index (χ2v) is 6.55. The highest BCUT2D eigenvalue weighted by Crippen LogP contribution is 2.29. The van der Waals surface area contributed by atoms with Crippen LogP contribution in [0.25, 0.3) is 0 Å². The van der Waals surface area contributed by atoms with Crippen LogP contribution in [-0.4, -0.2) is 25.1 Å². The van der Waals surface area contributed by atoms with Gasteiger partial charge in [0.2, 0.25) is 0 Å². The van der Waals surface area contributed by atoms with E-state index in [1.807, 2.05) is 6.07 Å². The van der Waals surface area contributed by atoms with Gasteiger partial charge >= 0.3 is 0 Å². The molecule has 1 aliphatic carbocycles. The highest BCUT2D eigenvalue weighted by molar-refractivity contribution is 14.0. The standard InChI is InChI=1S/C17H26FN3.HI/c1-5-19-16(21-15-9-12(15)2)20-11-17(3,4)13-7-6-8-14(18)10-13;/h6-8,10,12,15H,5,9,11H2,1-4H3,(H2,19,20,21);1H. The molecule has 0 amide bonds. The summed E-state index contributed by atoms with van der Waals surface area (Å²) in [7, 11) is 0. The van der Waals surface area contributed by atoms with Crippen molar-refractivity contribution in [3.05, 3.63) is 35.6 Å². The number of aliphatic imine (C=N–C) groups is 1. The molecule has 2 atom stereocenters. The number of hydrogen-bond acceptors (Lipinski definition) is 1. The maximum Gasteiger partial charge on any atom is 0.191 e. The Morgan fingerprint density at radius 2 is 2.09 bits per heavy atom. The van der Waals surface area contributed by atoms with Crippen molar-refractivity contribution in [1.29, 1.82) is 0 Å². The van der Waals surface area contributed by atoms with Crippen molar-refractivity contribution in [2.45, 2.75) is 45.6 Å². The number of benzene rings is 1. The van der Waals surface area contributed by atoms with Gasteiger partial charge in [-0.1, -0.05) is 32.9 Å². The van der Waals surface area contributed by atoms with E-state index < -0.39 is 0 Å². The molecule has 0 bridgehead atoms. The number of rotatable bonds is 5. The minimum absolute atomic E-state index is 0. The molecule has 2 rings (SSSR count). The Labute approximate surface area is 150 Å². The molecule has 22 heavy (non-hydrogen) atoms. The molecule has 124 valence electrons. The number of hydrogen-bond donors (Lipinski definition) is 2. The quantitative estimate of drug-likeness (QED) is 0.434. The molecule has 3 nitrogen and oxygen atoms in total. The first-order chi connectivity index (χ1) is 9.92. The van der Waals surface area contributed by atoms with Crippen molar-refractivity contribution in [3.8, 4) is 0 Å². The molecule has 0 saturated heterocycles. The van der Waals surface area contributed by atoms with Gasteiger partial charge in [0, 0.05) is 18.0 Å². The van der Waals surface area contributed by atoms with Gasteiger partial charge < -0.3 is 10.6 Å². The summed E-state index contributed by atoms with van der Waals surface area (Å²) in [6.45, 7) is 9.94. The van der Waals surface area contributed by atoms with E-state index in [2.05, 4.69) is 43.3 Å². The molecule has 2 N–H and O–H groups in total. The first-order valence-corrected chi connectivity index (χ1v) is 7.73. The normalized spacial score (nSPS) is 21.0. The van der Waals surface area contributed by atoms with Crippen LogP contribution < -0.4 is 10.6 Å². The highest BCUT2D eigenvalue weighted by atomic mass is 127. The van der Waals surface area contributed by atoms with Crippen LogP contribution in [0.4, 0.5) is 4.39 Å². The maximum atomic E-state index is 13.4. The molecule has 1 aromatic rings. The van der Waals surface area contributed by atoms with Gasteiger partial charge in [-0.3, -0.25) is 4.99 Å². The van der Waals surface area contributed by atoms with Crippen LogP contribution >= 0.6 is 24.0 Å². The predicted octanol–water partition coefficient (Wildman–Crippen LogP) is 3.68. The molecule has 1 aromatic carbocycles. The lowest BCUT2D eigenvalue weighted by molar-refractivity contribution is 0.529. The molecule has 0 radical (unpaired) electrons. The third-order valence-electron chi connectivity index (χ3n) is 4.01. The zero-order valence-corrected chi connectivity index (χ0v) is 16.1. The third kappa shape index (κ3) is 5.41. The molecule has 1 saturated carbocycles. The Balaban J connectivity index is 0.00000242. The van der Waals surface area contributed by atoms with Crippen LogP contribution in [0.3, 0.4) is 0 Å². The smallest absolute Gasteiger partial charge is 0.191 e. The van der Waals surface area contributed by atoms with E-state index in [0.717, 1.165) is 24.0 Å². The molecule has 0 spiro atoms. The van der Waals surface area contributed by atoms with Crippen LogP contribution in [-0.2, 0) is 5.41 Å². The van der Waals surface area contributed by atoms with Gasteiger partial charge in [-0.15, -0.1) is 24.0 Å². The van der Waals surface area contributed by atoms with Crippen molar-refractivity contribution in [3.63, 3.8) is 0 Å². The Morgan fingerprint density at radius 1 is 1.41 bits per heavy atom. The van der Waals surface area contributed by atoms with Crippen molar-refractivity contribution in [2.24, 2.45) is 10.9 Å². The average molecular weight is 419 g/mol. The molecular weight excluding hydrogens is 392 g/mol. The van der Waals surface area contributed by atoms with E-state index in [9.17, 15) is 4.39 Å². The zero-order chi connectivity index (χ0) is 15.5. The largest absolute Gasteiger partial charge is 0.357 e. The third-order valence-corrected chi connectivity index (χ3v) is 4.01. The lowest BCUT2D eigenvalue weighted by atomic mass is 9.85. The highest BCUT2D eigenvalue weighted by Gasteiger charge is 2.33. The van der Waals surface area contributed by atoms with Gasteiger partial charge in [-0.25, -0.2) is 4.39 Å². The Morgan fingerprint density at radius 3 is 2.64 bits per heavy atom. The van der Waals surface area contributed by atoms with E-state index in [1.165, 1.54) is 12.5 Å². The fraction of sp³-hybridized carbons (Fsp3) is 0.588. The SMILES string of the molecule is CCNC(=NCC(C)(C)c1cccc(F)c1)NC1CC1C.I. The summed E-state index contributed by atoms with van der Waals surface area (Å²) in [4.78, 5) is 4.68. The molecule has 1 aliphatic rings. The summed E-state index contributed by atoms with van der Waals surface area (Å²) in [5.41, 5.74) is 0.779. The fourth-order valence-electron chi connectivity index (χ4n) is 2.30. The number of nitrogens with zero attached hydrogens (tertiary/aromatic N) is 1. The van der Waals surface area contributed by atoms with Gasteiger partial charge in [0.15, 0.2) is 5.96 Å². The Hall–Kier alpha value is -0.850. The molecule has 0 heterocycles. The van der Waals surface area contributed by atoms with E-state index >= 15 is 0 Å². The molecule has 2 unspecified atom stereocenters. The first kappa shape index (κ1) is 19.2. The fourth-order valence-corrected chi connectivity index (χ4v) is 2.30. The van der Waals surface area contributed by atoms with Crippen LogP contribution in [0.15, 0.2) is 29.3 Å². The Bertz CT molecular complexity index is 516. The summed E-state index contributed by atoms with van der Waals surface area (Å²) in [5.74, 6) is 1.39. The Kier molecular flexibility index (Phi) is 7.09. The van der Waals surface area contributed by atoms with Crippen LogP contribution in [0, 0.1) is 11.7 Å². The zero-order valence-electron chi connectivity index (χ0n) is 13.8. The van der Waals surface area contributed by atoms with Crippen molar-refractivity contribution in [1.82, 2.24) is 10.6 Å². The number of halogens is 2. The summed E-state index contributed by atoms with van der Waals surface area (Å²) in [6, 6.07) is 7.33.